The van der Waals surface area contributed by atoms with Crippen LogP contribution in [-0.4, -0.2) is 38.8 Å². The van der Waals surface area contributed by atoms with Crippen molar-refractivity contribution in [3.05, 3.63) is 75.5 Å². The van der Waals surface area contributed by atoms with Crippen LogP contribution >= 0.6 is 11.6 Å². The number of hydrogen-bond acceptors (Lipinski definition) is 4. The number of nitrogens with zero attached hydrogens (tertiary/aromatic N) is 3. The van der Waals surface area contributed by atoms with E-state index in [1.54, 1.807) is 12.1 Å². The van der Waals surface area contributed by atoms with Gasteiger partial charge in [-0.25, -0.2) is 9.48 Å². The van der Waals surface area contributed by atoms with Crippen LogP contribution in [0.4, 0.5) is 13.2 Å². The van der Waals surface area contributed by atoms with Gasteiger partial charge in [-0.3, -0.25) is 4.57 Å². The highest BCUT2D eigenvalue weighted by Gasteiger charge is 2.39. The van der Waals surface area contributed by atoms with Gasteiger partial charge in [0.15, 0.2) is 11.9 Å². The second-order valence-corrected chi connectivity index (χ2v) is 7.20. The first-order valence-electron chi connectivity index (χ1n) is 9.29. The number of rotatable bonds is 7. The van der Waals surface area contributed by atoms with Crippen molar-refractivity contribution < 1.29 is 23.0 Å². The minimum atomic E-state index is -4.88. The molecule has 0 spiro atoms. The smallest absolute Gasteiger partial charge is 0.416 e. The van der Waals surface area contributed by atoms with Gasteiger partial charge in [0.2, 0.25) is 0 Å². The highest BCUT2D eigenvalue weighted by molar-refractivity contribution is 6.30. The average molecular weight is 455 g/mol. The van der Waals surface area contributed by atoms with E-state index in [4.69, 9.17) is 16.3 Å². The summed E-state index contributed by atoms with van der Waals surface area (Å²) in [7, 11) is 1.49. The average Bonchev–Trinajstić information content (AvgIpc) is 3.03. The zero-order valence-corrected chi connectivity index (χ0v) is 17.5. The summed E-state index contributed by atoms with van der Waals surface area (Å²) in [5.41, 5.74) is 1.03. The van der Waals surface area contributed by atoms with Crippen LogP contribution in [0.15, 0.2) is 47.3 Å². The predicted molar refractivity (Wildman–Crippen MR) is 110 cm³/mol. The number of hydrogen-bond donors (Lipinski definition) is 1. The maximum Gasteiger partial charge on any atom is 0.416 e. The van der Waals surface area contributed by atoms with E-state index < -0.39 is 24.5 Å². The van der Waals surface area contributed by atoms with Crippen LogP contribution in [-0.2, 0) is 13.1 Å². The highest BCUT2D eigenvalue weighted by atomic mass is 35.5. The Bertz CT molecular complexity index is 1110. The molecule has 0 saturated carbocycles. The molecule has 0 aliphatic carbocycles. The van der Waals surface area contributed by atoms with Gasteiger partial charge in [0.05, 0.1) is 20.2 Å². The van der Waals surface area contributed by atoms with Crippen LogP contribution < -0.4 is 10.4 Å². The number of para-hydroxylation sites is 1. The fourth-order valence-electron chi connectivity index (χ4n) is 3.16. The number of halogens is 4. The van der Waals surface area contributed by atoms with E-state index in [0.29, 0.717) is 21.9 Å². The van der Waals surface area contributed by atoms with Crippen molar-refractivity contribution in [3.8, 4) is 17.1 Å². The molecule has 3 aromatic rings. The number of benzene rings is 2. The number of aromatic nitrogens is 3. The Hall–Kier alpha value is -2.78. The summed E-state index contributed by atoms with van der Waals surface area (Å²) in [6, 6.07) is 11.5. The van der Waals surface area contributed by atoms with Gasteiger partial charge in [0, 0.05) is 16.1 Å². The number of methoxy groups -OCH3 is 1. The maximum absolute atomic E-state index is 13.0. The molecule has 165 valence electrons. The van der Waals surface area contributed by atoms with Crippen molar-refractivity contribution in [2.24, 2.45) is 0 Å². The van der Waals surface area contributed by atoms with Crippen LogP contribution in [0.1, 0.15) is 18.1 Å². The highest BCUT2D eigenvalue weighted by Crippen LogP contribution is 2.27. The van der Waals surface area contributed by atoms with Crippen LogP contribution in [0.5, 0.6) is 5.75 Å². The van der Waals surface area contributed by atoms with Gasteiger partial charge >= 0.3 is 11.9 Å². The monoisotopic (exact) mass is 454 g/mol. The zero-order chi connectivity index (χ0) is 22.8. The lowest BCUT2D eigenvalue weighted by Crippen LogP contribution is -2.37. The van der Waals surface area contributed by atoms with Crippen molar-refractivity contribution in [2.75, 3.05) is 7.11 Å². The second-order valence-electron chi connectivity index (χ2n) is 6.77. The summed E-state index contributed by atoms with van der Waals surface area (Å²) < 4.78 is 46.2. The van der Waals surface area contributed by atoms with E-state index in [2.05, 4.69) is 5.10 Å². The molecular formula is C21H20ClF3N3O3. The first-order valence-corrected chi connectivity index (χ1v) is 9.67. The normalized spacial score (nSPS) is 12.7. The summed E-state index contributed by atoms with van der Waals surface area (Å²) in [5, 5.41) is 14.2. The van der Waals surface area contributed by atoms with E-state index in [0.717, 1.165) is 14.8 Å². The van der Waals surface area contributed by atoms with Gasteiger partial charge in [-0.15, -0.1) is 5.10 Å². The van der Waals surface area contributed by atoms with Gasteiger partial charge in [0.1, 0.15) is 5.75 Å². The molecule has 0 fully saturated rings. The molecule has 0 unspecified atom stereocenters. The summed E-state index contributed by atoms with van der Waals surface area (Å²) in [6.45, 7) is 0.819. The van der Waals surface area contributed by atoms with E-state index in [1.165, 1.54) is 31.4 Å². The molecule has 0 bridgehead atoms. The van der Waals surface area contributed by atoms with Crippen molar-refractivity contribution >= 4 is 11.6 Å². The Kier molecular flexibility index (Phi) is 6.76. The Labute approximate surface area is 181 Å². The molecular weight excluding hydrogens is 435 g/mol. The lowest BCUT2D eigenvalue weighted by Gasteiger charge is -2.15. The van der Waals surface area contributed by atoms with Crippen molar-refractivity contribution in [1.29, 1.82) is 0 Å². The van der Waals surface area contributed by atoms with Gasteiger partial charge in [0.25, 0.3) is 0 Å². The van der Waals surface area contributed by atoms with Gasteiger partial charge in [-0.2, -0.15) is 13.2 Å². The molecule has 2 aromatic carbocycles. The number of aliphatic hydroxyl groups excluding tert-OH is 1. The van der Waals surface area contributed by atoms with Crippen molar-refractivity contribution in [1.82, 2.24) is 14.3 Å². The van der Waals surface area contributed by atoms with Crippen LogP contribution in [0.2, 0.25) is 5.02 Å². The molecule has 1 aromatic heterocycles. The maximum atomic E-state index is 13.0. The van der Waals surface area contributed by atoms with Crippen LogP contribution in [0.3, 0.4) is 0 Å². The van der Waals surface area contributed by atoms with E-state index in [1.807, 2.05) is 19.4 Å². The van der Waals surface area contributed by atoms with E-state index in [9.17, 15) is 23.1 Å². The molecule has 31 heavy (non-hydrogen) atoms. The number of aliphatic hydroxyl groups is 1. The molecule has 1 N–H and O–H groups in total. The Balaban J connectivity index is 2.09. The molecule has 1 heterocycles. The molecule has 10 heteroatoms. The minimum Gasteiger partial charge on any atom is -0.496 e. The molecule has 1 radical (unpaired) electrons. The summed E-state index contributed by atoms with van der Waals surface area (Å²) in [6.07, 6.45) is -5.77. The van der Waals surface area contributed by atoms with Crippen molar-refractivity contribution in [3.63, 3.8) is 0 Å². The Morgan fingerprint density at radius 2 is 1.90 bits per heavy atom. The van der Waals surface area contributed by atoms with Crippen LogP contribution in [0, 0.1) is 6.42 Å². The molecule has 1 atom stereocenters. The third-order valence-electron chi connectivity index (χ3n) is 4.72. The first-order chi connectivity index (χ1) is 14.7. The third kappa shape index (κ3) is 4.94. The standard InChI is InChI=1S/C21H20ClF3N3O3/c1-3-13-5-4-6-15(18(13)31-2)11-28-20(30)27(12-17(29)21(23,24)25)19(26-28)14-7-9-16(22)10-8-14/h3-10,17,29H,11-12H2,1-2H3/t17-/m0/s1. The van der Waals surface area contributed by atoms with Gasteiger partial charge < -0.3 is 9.84 Å². The molecule has 0 saturated heterocycles. The summed E-state index contributed by atoms with van der Waals surface area (Å²) in [4.78, 5) is 13.0. The molecule has 3 rings (SSSR count). The molecule has 6 nitrogen and oxygen atoms in total. The van der Waals surface area contributed by atoms with E-state index >= 15 is 0 Å². The fraction of sp³-hybridized carbons (Fsp3) is 0.286. The summed E-state index contributed by atoms with van der Waals surface area (Å²) in [5.74, 6) is 0.525. The molecule has 0 amide bonds. The number of alkyl halides is 3. The largest absolute Gasteiger partial charge is 0.496 e. The second kappa shape index (κ2) is 9.15. The Morgan fingerprint density at radius 3 is 2.48 bits per heavy atom. The SMILES string of the molecule is C[CH]c1cccc(Cn2nc(-c3ccc(Cl)cc3)n(C[C@H](O)C(F)(F)F)c2=O)c1OC. The topological polar surface area (TPSA) is 69.3 Å². The first kappa shape index (κ1) is 22.9. The minimum absolute atomic E-state index is 0.0119. The lowest BCUT2D eigenvalue weighted by molar-refractivity contribution is -0.207. The zero-order valence-electron chi connectivity index (χ0n) is 16.7. The lowest BCUT2D eigenvalue weighted by atomic mass is 10.1. The third-order valence-corrected chi connectivity index (χ3v) is 4.97. The summed E-state index contributed by atoms with van der Waals surface area (Å²) >= 11 is 5.89. The van der Waals surface area contributed by atoms with E-state index in [-0.39, 0.29) is 12.4 Å². The quantitative estimate of drug-likeness (QED) is 0.587. The fourth-order valence-corrected chi connectivity index (χ4v) is 3.29. The molecule has 0 aliphatic rings. The predicted octanol–water partition coefficient (Wildman–Crippen LogP) is 3.92. The van der Waals surface area contributed by atoms with Gasteiger partial charge in [-0.1, -0.05) is 36.7 Å². The van der Waals surface area contributed by atoms with Crippen molar-refractivity contribution in [2.45, 2.75) is 32.3 Å². The van der Waals surface area contributed by atoms with Gasteiger partial charge in [-0.05, 0) is 36.2 Å². The van der Waals surface area contributed by atoms with Crippen LogP contribution in [0.25, 0.3) is 11.4 Å². The molecule has 0 aliphatic heterocycles. The Morgan fingerprint density at radius 1 is 1.23 bits per heavy atom. The number of ether oxygens (including phenoxy) is 1.